The number of nitrogens with zero attached hydrogens (tertiary/aromatic N) is 3. The Hall–Kier alpha value is -1.44. The number of ether oxygens (including phenoxy) is 1. The molecule has 1 atom stereocenters. The molecular formula is C13H23N5O2S. The highest BCUT2D eigenvalue weighted by atomic mass is 32.2. The van der Waals surface area contributed by atoms with Crippen LogP contribution < -0.4 is 5.73 Å². The van der Waals surface area contributed by atoms with Crippen LogP contribution in [0.5, 0.6) is 0 Å². The average Bonchev–Trinajstić information content (AvgIpc) is 2.81. The lowest BCUT2D eigenvalue weighted by molar-refractivity contribution is 0.0177. The number of amides is 1. The number of carbonyl (C=O) groups is 1. The fourth-order valence-corrected chi connectivity index (χ4v) is 3.14. The van der Waals surface area contributed by atoms with Crippen molar-refractivity contribution in [2.45, 2.75) is 44.4 Å². The lowest BCUT2D eigenvalue weighted by Crippen LogP contribution is -2.43. The summed E-state index contributed by atoms with van der Waals surface area (Å²) >= 11 is 1.56. The second kappa shape index (κ2) is 6.55. The van der Waals surface area contributed by atoms with Crippen molar-refractivity contribution in [1.82, 2.24) is 20.1 Å². The first-order valence-electron chi connectivity index (χ1n) is 7.12. The van der Waals surface area contributed by atoms with Gasteiger partial charge in [-0.15, -0.1) is 5.10 Å². The van der Waals surface area contributed by atoms with Crippen LogP contribution in [0.1, 0.15) is 33.6 Å². The molecule has 0 spiro atoms. The highest BCUT2D eigenvalue weighted by molar-refractivity contribution is 7.99. The first-order valence-corrected chi connectivity index (χ1v) is 8.10. The molecule has 0 saturated carbocycles. The van der Waals surface area contributed by atoms with E-state index in [0.29, 0.717) is 17.0 Å². The number of carbonyl (C=O) groups excluding carboxylic acids is 1. The Morgan fingerprint density at radius 3 is 2.95 bits per heavy atom. The van der Waals surface area contributed by atoms with Gasteiger partial charge in [0, 0.05) is 18.8 Å². The molecule has 8 heteroatoms. The van der Waals surface area contributed by atoms with Gasteiger partial charge < -0.3 is 15.4 Å². The predicted molar refractivity (Wildman–Crippen MR) is 82.1 cm³/mol. The highest BCUT2D eigenvalue weighted by Crippen LogP contribution is 2.25. The van der Waals surface area contributed by atoms with Gasteiger partial charge in [0.05, 0.1) is 0 Å². The van der Waals surface area contributed by atoms with E-state index in [1.807, 2.05) is 20.8 Å². The van der Waals surface area contributed by atoms with Gasteiger partial charge in [0.25, 0.3) is 0 Å². The molecule has 1 fully saturated rings. The molecule has 1 aliphatic heterocycles. The Balaban J connectivity index is 1.81. The van der Waals surface area contributed by atoms with E-state index >= 15 is 0 Å². The van der Waals surface area contributed by atoms with Crippen molar-refractivity contribution in [2.75, 3.05) is 24.6 Å². The van der Waals surface area contributed by atoms with Crippen LogP contribution in [-0.4, -0.2) is 50.6 Å². The summed E-state index contributed by atoms with van der Waals surface area (Å²) in [4.78, 5) is 18.0. The maximum Gasteiger partial charge on any atom is 0.410 e. The molecule has 2 heterocycles. The second-order valence-corrected chi connectivity index (χ2v) is 7.24. The summed E-state index contributed by atoms with van der Waals surface area (Å²) < 4.78 is 5.43. The molecule has 0 aromatic carbocycles. The summed E-state index contributed by atoms with van der Waals surface area (Å²) in [7, 11) is 0. The number of hydrogen-bond acceptors (Lipinski definition) is 6. The molecular weight excluding hydrogens is 290 g/mol. The molecule has 0 bridgehead atoms. The molecule has 0 radical (unpaired) electrons. The van der Waals surface area contributed by atoms with Crippen LogP contribution in [0, 0.1) is 5.92 Å². The number of H-pyrrole nitrogens is 1. The van der Waals surface area contributed by atoms with Gasteiger partial charge in [-0.1, -0.05) is 11.8 Å². The zero-order chi connectivity index (χ0) is 15.5. The number of nitrogens with two attached hydrogens (primary N) is 1. The highest BCUT2D eigenvalue weighted by Gasteiger charge is 2.27. The zero-order valence-electron chi connectivity index (χ0n) is 12.8. The Morgan fingerprint density at radius 2 is 2.33 bits per heavy atom. The smallest absolute Gasteiger partial charge is 0.410 e. The molecule has 0 aliphatic carbocycles. The molecule has 1 aliphatic rings. The number of anilines is 1. The molecule has 3 N–H and O–H groups in total. The number of piperidine rings is 1. The fourth-order valence-electron chi connectivity index (χ4n) is 2.21. The Labute approximate surface area is 129 Å². The number of rotatable bonds is 3. The number of hydrogen-bond donors (Lipinski definition) is 2. The Morgan fingerprint density at radius 1 is 1.57 bits per heavy atom. The van der Waals surface area contributed by atoms with Crippen molar-refractivity contribution in [3.8, 4) is 0 Å². The number of aromatic amines is 1. The molecule has 1 saturated heterocycles. The molecule has 0 unspecified atom stereocenters. The van der Waals surface area contributed by atoms with Crippen LogP contribution in [0.4, 0.5) is 10.7 Å². The van der Waals surface area contributed by atoms with E-state index in [0.717, 1.165) is 31.7 Å². The van der Waals surface area contributed by atoms with Crippen LogP contribution in [0.2, 0.25) is 0 Å². The number of nitrogens with one attached hydrogen (secondary N) is 1. The molecule has 1 aromatic heterocycles. The maximum atomic E-state index is 12.1. The minimum atomic E-state index is -0.449. The predicted octanol–water partition coefficient (Wildman–Crippen LogP) is 2.13. The molecule has 118 valence electrons. The van der Waals surface area contributed by atoms with Gasteiger partial charge in [0.15, 0.2) is 0 Å². The summed E-state index contributed by atoms with van der Waals surface area (Å²) in [6.45, 7) is 7.15. The van der Waals surface area contributed by atoms with Crippen molar-refractivity contribution in [2.24, 2.45) is 5.92 Å². The minimum absolute atomic E-state index is 0.223. The number of thioether (sulfide) groups is 1. The second-order valence-electron chi connectivity index (χ2n) is 6.25. The lowest BCUT2D eigenvalue weighted by atomic mass is 10.0. The van der Waals surface area contributed by atoms with E-state index < -0.39 is 5.60 Å². The van der Waals surface area contributed by atoms with Gasteiger partial charge in [-0.2, -0.15) is 4.98 Å². The van der Waals surface area contributed by atoms with Crippen molar-refractivity contribution in [1.29, 1.82) is 0 Å². The standard InChI is InChI=1S/C13H23N5O2S/c1-13(2,3)20-12(19)18-6-4-5-9(7-18)8-21-11-15-10(14)16-17-11/h9H,4-8H2,1-3H3,(H3,14,15,16,17)/t9-/m0/s1. The van der Waals surface area contributed by atoms with E-state index in [-0.39, 0.29) is 6.09 Å². The number of nitrogen functional groups attached to an aromatic ring is 1. The van der Waals surface area contributed by atoms with E-state index in [1.165, 1.54) is 0 Å². The SMILES string of the molecule is CC(C)(C)OC(=O)N1CCC[C@H](CSc2n[nH]c(N)n2)C1. The van der Waals surface area contributed by atoms with E-state index in [4.69, 9.17) is 10.5 Å². The van der Waals surface area contributed by atoms with Gasteiger partial charge in [0.2, 0.25) is 11.1 Å². The largest absolute Gasteiger partial charge is 0.444 e. The van der Waals surface area contributed by atoms with E-state index in [2.05, 4.69) is 15.2 Å². The van der Waals surface area contributed by atoms with Gasteiger partial charge in [-0.05, 0) is 39.5 Å². The first kappa shape index (κ1) is 15.9. The summed E-state index contributed by atoms with van der Waals surface area (Å²) in [6.07, 6.45) is 1.88. The third-order valence-corrected chi connectivity index (χ3v) is 4.18. The van der Waals surface area contributed by atoms with Gasteiger partial charge in [0.1, 0.15) is 5.60 Å². The molecule has 21 heavy (non-hydrogen) atoms. The monoisotopic (exact) mass is 313 g/mol. The van der Waals surface area contributed by atoms with Gasteiger partial charge in [-0.25, -0.2) is 9.89 Å². The number of aromatic nitrogens is 3. The summed E-state index contributed by atoms with van der Waals surface area (Å²) in [5, 5.41) is 7.27. The maximum absolute atomic E-state index is 12.1. The summed E-state index contributed by atoms with van der Waals surface area (Å²) in [5.74, 6) is 1.63. The summed E-state index contributed by atoms with van der Waals surface area (Å²) in [6, 6.07) is 0. The first-order chi connectivity index (χ1) is 9.83. The van der Waals surface area contributed by atoms with Crippen LogP contribution in [-0.2, 0) is 4.74 Å². The van der Waals surface area contributed by atoms with Crippen molar-refractivity contribution in [3.05, 3.63) is 0 Å². The number of likely N-dealkylation sites (tertiary alicyclic amines) is 1. The molecule has 7 nitrogen and oxygen atoms in total. The van der Waals surface area contributed by atoms with Crippen molar-refractivity contribution < 1.29 is 9.53 Å². The average molecular weight is 313 g/mol. The molecule has 2 rings (SSSR count). The summed E-state index contributed by atoms with van der Waals surface area (Å²) in [5.41, 5.74) is 5.05. The van der Waals surface area contributed by atoms with Crippen LogP contribution in [0.25, 0.3) is 0 Å². The topological polar surface area (TPSA) is 97.1 Å². The van der Waals surface area contributed by atoms with Crippen molar-refractivity contribution >= 4 is 23.8 Å². The minimum Gasteiger partial charge on any atom is -0.444 e. The van der Waals surface area contributed by atoms with E-state index in [9.17, 15) is 4.79 Å². The van der Waals surface area contributed by atoms with Crippen LogP contribution >= 0.6 is 11.8 Å². The molecule has 1 amide bonds. The van der Waals surface area contributed by atoms with Crippen molar-refractivity contribution in [3.63, 3.8) is 0 Å². The quantitative estimate of drug-likeness (QED) is 0.830. The molecule has 1 aromatic rings. The Bertz CT molecular complexity index is 485. The zero-order valence-corrected chi connectivity index (χ0v) is 13.6. The van der Waals surface area contributed by atoms with E-state index in [1.54, 1.807) is 16.7 Å². The van der Waals surface area contributed by atoms with Crippen LogP contribution in [0.15, 0.2) is 5.16 Å². The lowest BCUT2D eigenvalue weighted by Gasteiger charge is -2.33. The third kappa shape index (κ3) is 5.11. The Kier molecular flexibility index (Phi) is 4.97. The normalized spacial score (nSPS) is 19.6. The third-order valence-electron chi connectivity index (χ3n) is 3.10. The van der Waals surface area contributed by atoms with Gasteiger partial charge in [-0.3, -0.25) is 0 Å². The van der Waals surface area contributed by atoms with Crippen LogP contribution in [0.3, 0.4) is 0 Å². The van der Waals surface area contributed by atoms with Gasteiger partial charge >= 0.3 is 6.09 Å². The fraction of sp³-hybridized carbons (Fsp3) is 0.769.